The van der Waals surface area contributed by atoms with Crippen molar-refractivity contribution in [1.82, 2.24) is 4.72 Å². The van der Waals surface area contributed by atoms with E-state index in [4.69, 9.17) is 0 Å². The van der Waals surface area contributed by atoms with E-state index in [0.29, 0.717) is 16.8 Å². The number of carbonyl (C=O) groups excluding carboxylic acids is 1. The Kier molecular flexibility index (Phi) is 7.65. The Bertz CT molecular complexity index is 899. The van der Waals surface area contributed by atoms with Crippen LogP contribution in [0.1, 0.15) is 11.1 Å². The maximum atomic E-state index is 12.1. The van der Waals surface area contributed by atoms with Gasteiger partial charge in [-0.05, 0) is 35.4 Å². The first-order valence-corrected chi connectivity index (χ1v) is 9.93. The summed E-state index contributed by atoms with van der Waals surface area (Å²) in [7, 11) is -3.45. The molecule has 2 aromatic rings. The Balaban J connectivity index is 1.89. The van der Waals surface area contributed by atoms with Crippen molar-refractivity contribution in [3.05, 3.63) is 72.3 Å². The van der Waals surface area contributed by atoms with Crippen molar-refractivity contribution in [3.63, 3.8) is 0 Å². The van der Waals surface area contributed by atoms with Gasteiger partial charge in [0.1, 0.15) is 5.75 Å². The molecule has 2 aromatic carbocycles. The molecule has 6 nitrogen and oxygen atoms in total. The first-order chi connectivity index (χ1) is 13.3. The minimum absolute atomic E-state index is 0.0206. The van der Waals surface area contributed by atoms with Gasteiger partial charge in [0.05, 0.1) is 12.2 Å². The standard InChI is InChI=1S/C19H20F2N2O4S/c1-2-11-22-28(25,26)13-15-3-7-16(8-4-15)23-18(24)12-14-5-9-17(10-6-14)27-19(20)21/h2-10,19,22H,1,11-13H2,(H,23,24). The molecule has 150 valence electrons. The summed E-state index contributed by atoms with van der Waals surface area (Å²) in [6.07, 6.45) is 1.51. The highest BCUT2D eigenvalue weighted by Gasteiger charge is 2.11. The van der Waals surface area contributed by atoms with Crippen LogP contribution in [-0.4, -0.2) is 27.5 Å². The highest BCUT2D eigenvalue weighted by molar-refractivity contribution is 7.88. The Morgan fingerprint density at radius 1 is 1.07 bits per heavy atom. The molecule has 0 aliphatic carbocycles. The van der Waals surface area contributed by atoms with Crippen molar-refractivity contribution in [3.8, 4) is 5.75 Å². The third kappa shape index (κ3) is 7.45. The van der Waals surface area contributed by atoms with E-state index in [1.165, 1.54) is 30.3 Å². The Hall–Kier alpha value is -2.78. The fourth-order valence-corrected chi connectivity index (χ4v) is 3.43. The van der Waals surface area contributed by atoms with E-state index in [9.17, 15) is 22.0 Å². The minimum Gasteiger partial charge on any atom is -0.435 e. The first-order valence-electron chi connectivity index (χ1n) is 8.28. The third-order valence-electron chi connectivity index (χ3n) is 3.56. The second kappa shape index (κ2) is 9.95. The van der Waals surface area contributed by atoms with Crippen LogP contribution in [0.3, 0.4) is 0 Å². The topological polar surface area (TPSA) is 84.5 Å². The van der Waals surface area contributed by atoms with Gasteiger partial charge in [-0.15, -0.1) is 6.58 Å². The van der Waals surface area contributed by atoms with Crippen LogP contribution in [0.2, 0.25) is 0 Å². The predicted octanol–water partition coefficient (Wildman–Crippen LogP) is 3.07. The number of anilines is 1. The molecular formula is C19H20F2N2O4S. The van der Waals surface area contributed by atoms with Gasteiger partial charge in [-0.1, -0.05) is 30.3 Å². The summed E-state index contributed by atoms with van der Waals surface area (Å²) >= 11 is 0. The van der Waals surface area contributed by atoms with Crippen molar-refractivity contribution < 1.29 is 26.7 Å². The van der Waals surface area contributed by atoms with Crippen LogP contribution < -0.4 is 14.8 Å². The second-order valence-electron chi connectivity index (χ2n) is 5.84. The molecule has 0 radical (unpaired) electrons. The summed E-state index contributed by atoms with van der Waals surface area (Å²) in [6, 6.07) is 12.2. The van der Waals surface area contributed by atoms with Crippen molar-refractivity contribution in [2.45, 2.75) is 18.8 Å². The molecule has 2 rings (SSSR count). The zero-order chi connectivity index (χ0) is 20.6. The summed E-state index contributed by atoms with van der Waals surface area (Å²) in [5.74, 6) is -0.454. The van der Waals surface area contributed by atoms with Crippen molar-refractivity contribution in [2.75, 3.05) is 11.9 Å². The van der Waals surface area contributed by atoms with Crippen LogP contribution in [-0.2, 0) is 27.0 Å². The summed E-state index contributed by atoms with van der Waals surface area (Å²) < 4.78 is 54.5. The number of carbonyl (C=O) groups is 1. The Morgan fingerprint density at radius 2 is 1.68 bits per heavy atom. The molecule has 0 heterocycles. The fourth-order valence-electron chi connectivity index (χ4n) is 2.32. The molecule has 2 N–H and O–H groups in total. The Morgan fingerprint density at radius 3 is 2.25 bits per heavy atom. The van der Waals surface area contributed by atoms with Crippen LogP contribution >= 0.6 is 0 Å². The summed E-state index contributed by atoms with van der Waals surface area (Å²) in [6.45, 7) is 0.712. The van der Waals surface area contributed by atoms with Gasteiger partial charge < -0.3 is 10.1 Å². The van der Waals surface area contributed by atoms with E-state index in [0.717, 1.165) is 0 Å². The average Bonchev–Trinajstić information content (AvgIpc) is 2.63. The number of amides is 1. The fraction of sp³-hybridized carbons (Fsp3) is 0.211. The molecule has 0 unspecified atom stereocenters. The van der Waals surface area contributed by atoms with Crippen molar-refractivity contribution in [2.24, 2.45) is 0 Å². The van der Waals surface area contributed by atoms with E-state index in [1.54, 1.807) is 24.3 Å². The van der Waals surface area contributed by atoms with Crippen LogP contribution in [0.5, 0.6) is 5.75 Å². The highest BCUT2D eigenvalue weighted by Crippen LogP contribution is 2.16. The molecule has 28 heavy (non-hydrogen) atoms. The molecule has 0 atom stereocenters. The number of rotatable bonds is 10. The summed E-state index contributed by atoms with van der Waals surface area (Å²) in [5, 5.41) is 2.69. The van der Waals surface area contributed by atoms with Gasteiger partial charge in [-0.2, -0.15) is 8.78 Å². The molecule has 0 spiro atoms. The highest BCUT2D eigenvalue weighted by atomic mass is 32.2. The number of ether oxygens (including phenoxy) is 1. The summed E-state index contributed by atoms with van der Waals surface area (Å²) in [4.78, 5) is 12.1. The molecule has 0 saturated heterocycles. The van der Waals surface area contributed by atoms with Gasteiger partial charge >= 0.3 is 6.61 Å². The van der Waals surface area contributed by atoms with Crippen molar-refractivity contribution >= 4 is 21.6 Å². The largest absolute Gasteiger partial charge is 0.435 e. The van der Waals surface area contributed by atoms with Crippen LogP contribution in [0.4, 0.5) is 14.5 Å². The van der Waals surface area contributed by atoms with E-state index in [1.807, 2.05) is 0 Å². The third-order valence-corrected chi connectivity index (χ3v) is 4.88. The van der Waals surface area contributed by atoms with Gasteiger partial charge in [-0.25, -0.2) is 13.1 Å². The predicted molar refractivity (Wildman–Crippen MR) is 103 cm³/mol. The molecule has 1 amide bonds. The van der Waals surface area contributed by atoms with E-state index in [2.05, 4.69) is 21.4 Å². The summed E-state index contributed by atoms with van der Waals surface area (Å²) in [5.41, 5.74) is 1.72. The van der Waals surface area contributed by atoms with Crippen LogP contribution in [0.25, 0.3) is 0 Å². The average molecular weight is 410 g/mol. The van der Waals surface area contributed by atoms with Crippen LogP contribution in [0, 0.1) is 0 Å². The molecule has 0 bridgehead atoms. The maximum Gasteiger partial charge on any atom is 0.387 e. The second-order valence-corrected chi connectivity index (χ2v) is 7.65. The number of nitrogens with one attached hydrogen (secondary N) is 2. The van der Waals surface area contributed by atoms with Crippen molar-refractivity contribution in [1.29, 1.82) is 0 Å². The molecule has 0 saturated carbocycles. The number of hydrogen-bond acceptors (Lipinski definition) is 4. The van der Waals surface area contributed by atoms with Crippen LogP contribution in [0.15, 0.2) is 61.2 Å². The smallest absolute Gasteiger partial charge is 0.387 e. The molecular weight excluding hydrogens is 390 g/mol. The lowest BCUT2D eigenvalue weighted by atomic mass is 10.1. The molecule has 0 aromatic heterocycles. The lowest BCUT2D eigenvalue weighted by molar-refractivity contribution is -0.115. The Labute approximate surface area is 162 Å². The number of halogens is 2. The van der Waals surface area contributed by atoms with E-state index >= 15 is 0 Å². The molecule has 0 aliphatic rings. The molecule has 0 aliphatic heterocycles. The normalized spacial score (nSPS) is 11.2. The quantitative estimate of drug-likeness (QED) is 0.590. The first kappa shape index (κ1) is 21.5. The number of benzene rings is 2. The number of sulfonamides is 1. The molecule has 0 fully saturated rings. The minimum atomic E-state index is -3.45. The monoisotopic (exact) mass is 410 g/mol. The zero-order valence-corrected chi connectivity index (χ0v) is 15.7. The number of alkyl halides is 2. The van der Waals surface area contributed by atoms with Gasteiger partial charge in [0, 0.05) is 12.2 Å². The lowest BCUT2D eigenvalue weighted by Crippen LogP contribution is -2.25. The lowest BCUT2D eigenvalue weighted by Gasteiger charge is -2.08. The van der Waals surface area contributed by atoms with E-state index in [-0.39, 0.29) is 30.4 Å². The van der Waals surface area contributed by atoms with Gasteiger partial charge in [-0.3, -0.25) is 4.79 Å². The maximum absolute atomic E-state index is 12.1. The van der Waals surface area contributed by atoms with Gasteiger partial charge in [0.2, 0.25) is 15.9 Å². The zero-order valence-electron chi connectivity index (χ0n) is 14.9. The molecule has 9 heteroatoms. The van der Waals surface area contributed by atoms with E-state index < -0.39 is 16.6 Å². The van der Waals surface area contributed by atoms with Gasteiger partial charge in [0.25, 0.3) is 0 Å². The van der Waals surface area contributed by atoms with Gasteiger partial charge in [0.15, 0.2) is 0 Å². The number of hydrogen-bond donors (Lipinski definition) is 2. The SMILES string of the molecule is C=CCNS(=O)(=O)Cc1ccc(NC(=O)Cc2ccc(OC(F)F)cc2)cc1.